The number of carbonyl (C=O) groups excluding carboxylic acids is 1. The molecule has 1 heterocycles. The van der Waals surface area contributed by atoms with Crippen molar-refractivity contribution >= 4 is 5.91 Å². The minimum atomic E-state index is -0.334. The number of aromatic hydroxyl groups is 1. The van der Waals surface area contributed by atoms with Crippen LogP contribution in [-0.4, -0.2) is 22.6 Å². The molecule has 1 aromatic heterocycles. The van der Waals surface area contributed by atoms with E-state index >= 15 is 0 Å². The smallest absolute Gasteiger partial charge is 0.255 e. The van der Waals surface area contributed by atoms with Gasteiger partial charge in [-0.25, -0.2) is 4.98 Å². The average Bonchev–Trinajstić information content (AvgIpc) is 2.46. The maximum Gasteiger partial charge on any atom is 0.255 e. The van der Waals surface area contributed by atoms with Crippen LogP contribution in [0.3, 0.4) is 0 Å². The van der Waals surface area contributed by atoms with Crippen LogP contribution in [0, 0.1) is 6.92 Å². The molecule has 5 heteroatoms. The van der Waals surface area contributed by atoms with Crippen LogP contribution in [0.4, 0.5) is 0 Å². The Morgan fingerprint density at radius 2 is 2.19 bits per heavy atom. The van der Waals surface area contributed by atoms with E-state index in [-0.39, 0.29) is 23.8 Å². The van der Waals surface area contributed by atoms with Crippen LogP contribution < -0.4 is 10.1 Å². The first-order valence-electron chi connectivity index (χ1n) is 6.76. The molecule has 5 nitrogen and oxygen atoms in total. The lowest BCUT2D eigenvalue weighted by Gasteiger charge is -2.10. The van der Waals surface area contributed by atoms with E-state index in [2.05, 4.69) is 10.3 Å². The molecule has 0 fully saturated rings. The van der Waals surface area contributed by atoms with Crippen LogP contribution in [-0.2, 0) is 6.54 Å². The fourth-order valence-corrected chi connectivity index (χ4v) is 1.93. The zero-order valence-electron chi connectivity index (χ0n) is 12.1. The predicted molar refractivity (Wildman–Crippen MR) is 79.4 cm³/mol. The van der Waals surface area contributed by atoms with E-state index in [0.717, 1.165) is 11.1 Å². The molecule has 0 unspecified atom stereocenters. The molecular weight excluding hydrogens is 268 g/mol. The summed E-state index contributed by atoms with van der Waals surface area (Å²) in [6.45, 7) is 4.53. The number of pyridine rings is 1. The summed E-state index contributed by atoms with van der Waals surface area (Å²) in [6.07, 6.45) is 1.64. The molecule has 0 atom stereocenters. The first-order valence-corrected chi connectivity index (χ1v) is 6.76. The SMILES string of the molecule is CCOc1ncccc1CNC(=O)c1ccc(C)cc1O. The summed E-state index contributed by atoms with van der Waals surface area (Å²) < 4.78 is 5.40. The Labute approximate surface area is 123 Å². The fourth-order valence-electron chi connectivity index (χ4n) is 1.93. The minimum absolute atomic E-state index is 0.0243. The van der Waals surface area contributed by atoms with Gasteiger partial charge >= 0.3 is 0 Å². The molecule has 0 spiro atoms. The van der Waals surface area contributed by atoms with E-state index in [1.807, 2.05) is 19.9 Å². The first kappa shape index (κ1) is 14.8. The molecule has 0 aliphatic rings. The highest BCUT2D eigenvalue weighted by molar-refractivity contribution is 5.96. The van der Waals surface area contributed by atoms with E-state index in [9.17, 15) is 9.90 Å². The van der Waals surface area contributed by atoms with Crippen molar-refractivity contribution in [1.82, 2.24) is 10.3 Å². The van der Waals surface area contributed by atoms with Gasteiger partial charge in [-0.2, -0.15) is 0 Å². The molecule has 0 saturated heterocycles. The van der Waals surface area contributed by atoms with Crippen LogP contribution in [0.15, 0.2) is 36.5 Å². The monoisotopic (exact) mass is 286 g/mol. The lowest BCUT2D eigenvalue weighted by atomic mass is 10.1. The molecule has 2 N–H and O–H groups in total. The molecule has 0 bridgehead atoms. The van der Waals surface area contributed by atoms with Crippen molar-refractivity contribution in [2.45, 2.75) is 20.4 Å². The van der Waals surface area contributed by atoms with Crippen molar-refractivity contribution in [2.24, 2.45) is 0 Å². The Hall–Kier alpha value is -2.56. The molecule has 0 aliphatic heterocycles. The highest BCUT2D eigenvalue weighted by Gasteiger charge is 2.12. The molecular formula is C16H18N2O3. The Morgan fingerprint density at radius 3 is 2.90 bits per heavy atom. The molecule has 0 radical (unpaired) electrons. The number of phenols is 1. The third kappa shape index (κ3) is 3.72. The zero-order chi connectivity index (χ0) is 15.2. The standard InChI is InChI=1S/C16H18N2O3/c1-3-21-16-12(5-4-8-17-16)10-18-15(20)13-7-6-11(2)9-14(13)19/h4-9,19H,3,10H2,1-2H3,(H,18,20). The fraction of sp³-hybridized carbons (Fsp3) is 0.250. The van der Waals surface area contributed by atoms with Gasteiger partial charge in [0.2, 0.25) is 5.88 Å². The summed E-state index contributed by atoms with van der Waals surface area (Å²) in [5.41, 5.74) is 1.94. The van der Waals surface area contributed by atoms with Crippen molar-refractivity contribution in [3.63, 3.8) is 0 Å². The largest absolute Gasteiger partial charge is 0.507 e. The Bertz CT molecular complexity index is 641. The molecule has 21 heavy (non-hydrogen) atoms. The molecule has 1 amide bonds. The van der Waals surface area contributed by atoms with Gasteiger partial charge in [0.15, 0.2) is 0 Å². The van der Waals surface area contributed by atoms with Crippen LogP contribution in [0.25, 0.3) is 0 Å². The van der Waals surface area contributed by atoms with E-state index in [1.54, 1.807) is 30.5 Å². The number of nitrogens with zero attached hydrogens (tertiary/aromatic N) is 1. The zero-order valence-corrected chi connectivity index (χ0v) is 12.1. The number of phenolic OH excluding ortho intramolecular Hbond substituents is 1. The van der Waals surface area contributed by atoms with Crippen molar-refractivity contribution < 1.29 is 14.6 Å². The van der Waals surface area contributed by atoms with Gasteiger partial charge in [-0.3, -0.25) is 4.79 Å². The van der Waals surface area contributed by atoms with Gasteiger partial charge in [0, 0.05) is 18.3 Å². The van der Waals surface area contributed by atoms with Crippen LogP contribution in [0.1, 0.15) is 28.4 Å². The number of hydrogen-bond donors (Lipinski definition) is 2. The molecule has 2 aromatic rings. The summed E-state index contributed by atoms with van der Waals surface area (Å²) >= 11 is 0. The summed E-state index contributed by atoms with van der Waals surface area (Å²) in [7, 11) is 0. The lowest BCUT2D eigenvalue weighted by Crippen LogP contribution is -2.23. The van der Waals surface area contributed by atoms with E-state index in [0.29, 0.717) is 12.5 Å². The number of rotatable bonds is 5. The van der Waals surface area contributed by atoms with Crippen molar-refractivity contribution in [3.05, 3.63) is 53.2 Å². The summed E-state index contributed by atoms with van der Waals surface area (Å²) in [4.78, 5) is 16.2. The van der Waals surface area contributed by atoms with Gasteiger partial charge < -0.3 is 15.2 Å². The second-order valence-corrected chi connectivity index (χ2v) is 4.60. The second kappa shape index (κ2) is 6.74. The summed E-state index contributed by atoms with van der Waals surface area (Å²) in [5.74, 6) is 0.149. The molecule has 0 saturated carbocycles. The normalized spacial score (nSPS) is 10.2. The van der Waals surface area contributed by atoms with Gasteiger partial charge in [-0.15, -0.1) is 0 Å². The maximum atomic E-state index is 12.1. The van der Waals surface area contributed by atoms with E-state index in [1.165, 1.54) is 0 Å². The Morgan fingerprint density at radius 1 is 1.38 bits per heavy atom. The predicted octanol–water partition coefficient (Wildman–Crippen LogP) is 2.42. The summed E-state index contributed by atoms with van der Waals surface area (Å²) in [5, 5.41) is 12.6. The van der Waals surface area contributed by atoms with Gasteiger partial charge in [0.25, 0.3) is 5.91 Å². The van der Waals surface area contributed by atoms with Crippen molar-refractivity contribution in [2.75, 3.05) is 6.61 Å². The highest BCUT2D eigenvalue weighted by atomic mass is 16.5. The number of carbonyl (C=O) groups is 1. The topological polar surface area (TPSA) is 71.5 Å². The lowest BCUT2D eigenvalue weighted by molar-refractivity contribution is 0.0948. The van der Waals surface area contributed by atoms with E-state index < -0.39 is 0 Å². The first-order chi connectivity index (χ1) is 10.1. The number of hydrogen-bond acceptors (Lipinski definition) is 4. The molecule has 2 rings (SSSR count). The third-order valence-corrected chi connectivity index (χ3v) is 2.97. The number of ether oxygens (including phenoxy) is 1. The van der Waals surface area contributed by atoms with Gasteiger partial charge in [0.05, 0.1) is 12.2 Å². The number of aromatic nitrogens is 1. The van der Waals surface area contributed by atoms with Gasteiger partial charge in [-0.05, 0) is 37.6 Å². The number of aryl methyl sites for hydroxylation is 1. The molecule has 110 valence electrons. The Kier molecular flexibility index (Phi) is 4.77. The molecule has 0 aliphatic carbocycles. The Balaban J connectivity index is 2.07. The number of amides is 1. The number of benzene rings is 1. The summed E-state index contributed by atoms with van der Waals surface area (Å²) in [6, 6.07) is 8.57. The van der Waals surface area contributed by atoms with Gasteiger partial charge in [-0.1, -0.05) is 12.1 Å². The number of nitrogens with one attached hydrogen (secondary N) is 1. The average molecular weight is 286 g/mol. The van der Waals surface area contributed by atoms with Crippen molar-refractivity contribution in [3.8, 4) is 11.6 Å². The van der Waals surface area contributed by atoms with Crippen LogP contribution in [0.5, 0.6) is 11.6 Å². The second-order valence-electron chi connectivity index (χ2n) is 4.60. The van der Waals surface area contributed by atoms with E-state index in [4.69, 9.17) is 4.74 Å². The minimum Gasteiger partial charge on any atom is -0.507 e. The molecule has 1 aromatic carbocycles. The quantitative estimate of drug-likeness (QED) is 0.885. The van der Waals surface area contributed by atoms with Gasteiger partial charge in [0.1, 0.15) is 5.75 Å². The maximum absolute atomic E-state index is 12.1. The van der Waals surface area contributed by atoms with Crippen LogP contribution >= 0.6 is 0 Å². The van der Waals surface area contributed by atoms with Crippen LogP contribution in [0.2, 0.25) is 0 Å². The van der Waals surface area contributed by atoms with Crippen molar-refractivity contribution in [1.29, 1.82) is 0 Å². The third-order valence-electron chi connectivity index (χ3n) is 2.97. The highest BCUT2D eigenvalue weighted by Crippen LogP contribution is 2.19.